The van der Waals surface area contributed by atoms with Crippen molar-refractivity contribution in [1.29, 1.82) is 0 Å². The number of anilines is 4. The number of nitrogens with two attached hydrogens (primary N) is 1. The van der Waals surface area contributed by atoms with Gasteiger partial charge in [0.25, 0.3) is 5.91 Å². The zero-order valence-electron chi connectivity index (χ0n) is 24.9. The third-order valence-corrected chi connectivity index (χ3v) is 7.57. The Labute approximate surface area is 251 Å². The highest BCUT2D eigenvalue weighted by molar-refractivity contribution is 6.04. The van der Waals surface area contributed by atoms with Gasteiger partial charge in [-0.05, 0) is 62.7 Å². The molecule has 0 spiro atoms. The number of benzene rings is 3. The van der Waals surface area contributed by atoms with Gasteiger partial charge in [-0.15, -0.1) is 0 Å². The number of piperazine rings is 1. The van der Waals surface area contributed by atoms with E-state index < -0.39 is 11.7 Å². The van der Waals surface area contributed by atoms with Crippen LogP contribution in [-0.2, 0) is 0 Å². The Bertz CT molecular complexity index is 1550. The minimum absolute atomic E-state index is 0.165. The number of amides is 1. The molecular formula is C33H38FN7O2. The maximum absolute atomic E-state index is 15.1. The summed E-state index contributed by atoms with van der Waals surface area (Å²) in [5.41, 5.74) is 10.3. The molecule has 0 unspecified atom stereocenters. The summed E-state index contributed by atoms with van der Waals surface area (Å²) < 4.78 is 20.8. The van der Waals surface area contributed by atoms with Crippen LogP contribution in [0.3, 0.4) is 0 Å². The second-order valence-corrected chi connectivity index (χ2v) is 10.9. The van der Waals surface area contributed by atoms with Crippen LogP contribution < -0.4 is 21.1 Å². The van der Waals surface area contributed by atoms with Crippen LogP contribution in [0.1, 0.15) is 27.9 Å². The quantitative estimate of drug-likeness (QED) is 0.199. The highest BCUT2D eigenvalue weighted by Gasteiger charge is 2.23. The number of primary amides is 1. The van der Waals surface area contributed by atoms with E-state index in [1.54, 1.807) is 12.1 Å². The Balaban J connectivity index is 1.38. The molecule has 0 aliphatic carbocycles. The zero-order chi connectivity index (χ0) is 30.3. The number of para-hydroxylation sites is 1. The molecule has 5 rings (SSSR count). The Hall–Kier alpha value is -4.54. The number of likely N-dealkylation sites (N-methyl/N-ethyl adjacent to an activating group) is 1. The van der Waals surface area contributed by atoms with Crippen LogP contribution in [0.2, 0.25) is 0 Å². The SMILES string of the molecule is Cc1cccc(C)c1-c1nc(Nc2ccc(OCCCN3CCN(C)CC3)c(F)c2)nc(Nc2ccccc2)c1C(N)=O. The van der Waals surface area contributed by atoms with Crippen molar-refractivity contribution in [3.63, 3.8) is 0 Å². The van der Waals surface area contributed by atoms with Crippen molar-refractivity contribution in [2.75, 3.05) is 57.0 Å². The molecule has 0 atom stereocenters. The number of carbonyl (C=O) groups is 1. The van der Waals surface area contributed by atoms with Crippen LogP contribution >= 0.6 is 0 Å². The summed E-state index contributed by atoms with van der Waals surface area (Å²) in [6.07, 6.45) is 0.821. The molecule has 1 aliphatic rings. The molecule has 1 aliphatic heterocycles. The molecule has 0 bridgehead atoms. The predicted octanol–water partition coefficient (Wildman–Crippen LogP) is 5.50. The maximum atomic E-state index is 15.1. The van der Waals surface area contributed by atoms with E-state index in [1.807, 2.05) is 62.4 Å². The third kappa shape index (κ3) is 7.46. The van der Waals surface area contributed by atoms with Crippen molar-refractivity contribution in [2.24, 2.45) is 5.73 Å². The molecule has 10 heteroatoms. The Kier molecular flexibility index (Phi) is 9.48. The molecule has 1 fully saturated rings. The molecule has 1 saturated heterocycles. The van der Waals surface area contributed by atoms with Gasteiger partial charge in [0.05, 0.1) is 12.3 Å². The first-order valence-electron chi connectivity index (χ1n) is 14.5. The molecule has 224 valence electrons. The van der Waals surface area contributed by atoms with Crippen LogP contribution in [-0.4, -0.2) is 72.1 Å². The summed E-state index contributed by atoms with van der Waals surface area (Å²) >= 11 is 0. The van der Waals surface area contributed by atoms with E-state index in [-0.39, 0.29) is 23.1 Å². The van der Waals surface area contributed by atoms with E-state index in [4.69, 9.17) is 15.5 Å². The molecule has 1 aromatic heterocycles. The normalized spacial score (nSPS) is 14.0. The second-order valence-electron chi connectivity index (χ2n) is 10.9. The molecule has 2 heterocycles. The van der Waals surface area contributed by atoms with E-state index in [0.29, 0.717) is 18.0 Å². The van der Waals surface area contributed by atoms with Gasteiger partial charge in [0.15, 0.2) is 11.6 Å². The number of carbonyl (C=O) groups excluding carboxylic acids is 1. The second kappa shape index (κ2) is 13.6. The fourth-order valence-electron chi connectivity index (χ4n) is 5.23. The molecule has 0 saturated carbocycles. The van der Waals surface area contributed by atoms with Gasteiger partial charge >= 0.3 is 0 Å². The summed E-state index contributed by atoms with van der Waals surface area (Å²) in [6.45, 7) is 9.47. The van der Waals surface area contributed by atoms with Gasteiger partial charge in [0.2, 0.25) is 5.95 Å². The van der Waals surface area contributed by atoms with E-state index in [2.05, 4.69) is 32.5 Å². The van der Waals surface area contributed by atoms with Gasteiger partial charge in [-0.2, -0.15) is 4.98 Å². The number of nitrogens with zero attached hydrogens (tertiary/aromatic N) is 4. The van der Waals surface area contributed by atoms with Gasteiger partial charge in [-0.25, -0.2) is 9.37 Å². The lowest BCUT2D eigenvalue weighted by Gasteiger charge is -2.32. The number of hydrogen-bond acceptors (Lipinski definition) is 8. The van der Waals surface area contributed by atoms with Crippen LogP contribution in [0.25, 0.3) is 11.3 Å². The van der Waals surface area contributed by atoms with Crippen molar-refractivity contribution in [3.8, 4) is 17.0 Å². The monoisotopic (exact) mass is 583 g/mol. The zero-order valence-corrected chi connectivity index (χ0v) is 24.9. The predicted molar refractivity (Wildman–Crippen MR) is 169 cm³/mol. The van der Waals surface area contributed by atoms with Crippen LogP contribution in [0.5, 0.6) is 5.75 Å². The lowest BCUT2D eigenvalue weighted by atomic mass is 9.96. The van der Waals surface area contributed by atoms with Crippen LogP contribution in [0.15, 0.2) is 66.7 Å². The number of nitrogens with one attached hydrogen (secondary N) is 2. The number of hydrogen-bond donors (Lipinski definition) is 3. The highest BCUT2D eigenvalue weighted by Crippen LogP contribution is 2.34. The average Bonchev–Trinajstić information content (AvgIpc) is 2.97. The van der Waals surface area contributed by atoms with Crippen molar-refractivity contribution >= 4 is 29.0 Å². The van der Waals surface area contributed by atoms with Crippen molar-refractivity contribution < 1.29 is 13.9 Å². The standard InChI is InChI=1S/C33H38FN7O2/c1-22-9-7-10-23(2)28(22)30-29(31(35)42)32(36-24-11-5-4-6-12-24)39-33(38-30)37-25-13-14-27(26(34)21-25)43-20-8-15-41-18-16-40(3)17-19-41/h4-7,9-14,21H,8,15-20H2,1-3H3,(H2,35,42)(H2,36,37,38,39). The number of ether oxygens (including phenoxy) is 1. The molecule has 3 aromatic carbocycles. The number of rotatable bonds is 11. The number of halogens is 1. The van der Waals surface area contributed by atoms with Crippen LogP contribution in [0, 0.1) is 19.7 Å². The van der Waals surface area contributed by atoms with Gasteiger partial charge in [0, 0.05) is 55.7 Å². The van der Waals surface area contributed by atoms with Gasteiger partial charge < -0.3 is 30.9 Å². The molecular weight excluding hydrogens is 545 g/mol. The minimum Gasteiger partial charge on any atom is -0.490 e. The molecule has 0 radical (unpaired) electrons. The number of aryl methyl sites for hydroxylation is 2. The lowest BCUT2D eigenvalue weighted by molar-refractivity contribution is 0.100. The fraction of sp³-hybridized carbons (Fsp3) is 0.303. The lowest BCUT2D eigenvalue weighted by Crippen LogP contribution is -2.44. The molecule has 1 amide bonds. The first kappa shape index (κ1) is 29.9. The summed E-state index contributed by atoms with van der Waals surface area (Å²) in [5.74, 6) is -0.536. The number of aromatic nitrogens is 2. The Morgan fingerprint density at radius 2 is 1.65 bits per heavy atom. The van der Waals surface area contributed by atoms with Crippen LogP contribution in [0.4, 0.5) is 27.5 Å². The first-order valence-corrected chi connectivity index (χ1v) is 14.5. The largest absolute Gasteiger partial charge is 0.490 e. The topological polar surface area (TPSA) is 109 Å². The Morgan fingerprint density at radius 3 is 2.33 bits per heavy atom. The van der Waals surface area contributed by atoms with E-state index in [1.165, 1.54) is 6.07 Å². The van der Waals surface area contributed by atoms with E-state index >= 15 is 4.39 Å². The molecule has 4 N–H and O–H groups in total. The Morgan fingerprint density at radius 1 is 0.930 bits per heavy atom. The van der Waals surface area contributed by atoms with Crippen molar-refractivity contribution in [1.82, 2.24) is 19.8 Å². The van der Waals surface area contributed by atoms with E-state index in [9.17, 15) is 4.79 Å². The van der Waals surface area contributed by atoms with Gasteiger partial charge in [-0.3, -0.25) is 4.79 Å². The fourth-order valence-corrected chi connectivity index (χ4v) is 5.23. The smallest absolute Gasteiger partial charge is 0.254 e. The first-order chi connectivity index (χ1) is 20.8. The van der Waals surface area contributed by atoms with Crippen molar-refractivity contribution in [3.05, 3.63) is 89.2 Å². The molecule has 9 nitrogen and oxygen atoms in total. The summed E-state index contributed by atoms with van der Waals surface area (Å²) in [4.78, 5) is 26.8. The van der Waals surface area contributed by atoms with Gasteiger partial charge in [-0.1, -0.05) is 36.4 Å². The average molecular weight is 584 g/mol. The molecule has 4 aromatic rings. The summed E-state index contributed by atoms with van der Waals surface area (Å²) in [5, 5.41) is 6.32. The highest BCUT2D eigenvalue weighted by atomic mass is 19.1. The molecule has 43 heavy (non-hydrogen) atoms. The summed E-state index contributed by atoms with van der Waals surface area (Å²) in [7, 11) is 2.13. The van der Waals surface area contributed by atoms with Gasteiger partial charge in [0.1, 0.15) is 11.4 Å². The van der Waals surface area contributed by atoms with Crippen molar-refractivity contribution in [2.45, 2.75) is 20.3 Å². The summed E-state index contributed by atoms with van der Waals surface area (Å²) in [6, 6.07) is 19.9. The third-order valence-electron chi connectivity index (χ3n) is 7.57. The minimum atomic E-state index is -0.664. The maximum Gasteiger partial charge on any atom is 0.254 e. The van der Waals surface area contributed by atoms with E-state index in [0.717, 1.165) is 61.5 Å².